The maximum atomic E-state index is 12.6. The zero-order valence-corrected chi connectivity index (χ0v) is 17.8. The minimum atomic E-state index is -0.445. The minimum absolute atomic E-state index is 0.158. The summed E-state index contributed by atoms with van der Waals surface area (Å²) in [6, 6.07) is 7.56. The Kier molecular flexibility index (Phi) is 9.10. The Morgan fingerprint density at radius 1 is 1.25 bits per heavy atom. The van der Waals surface area contributed by atoms with E-state index in [1.807, 2.05) is 29.6 Å². The molecule has 0 aliphatic carbocycles. The largest absolute Gasteiger partial charge is 0.494 e. The number of hydrogen-bond donors (Lipinski definition) is 1. The smallest absolute Gasteiger partial charge is 0.341 e. The van der Waals surface area contributed by atoms with E-state index < -0.39 is 5.97 Å². The third kappa shape index (κ3) is 6.14. The van der Waals surface area contributed by atoms with Crippen LogP contribution in [0, 0.1) is 0 Å². The molecule has 2 rings (SSSR count). The molecule has 0 aliphatic rings. The summed E-state index contributed by atoms with van der Waals surface area (Å²) in [4.78, 5) is 24.7. The van der Waals surface area contributed by atoms with Crippen molar-refractivity contribution >= 4 is 40.0 Å². The molecule has 2 aromatic rings. The van der Waals surface area contributed by atoms with E-state index in [1.165, 1.54) is 23.1 Å². The van der Waals surface area contributed by atoms with Gasteiger partial charge in [0.1, 0.15) is 16.3 Å². The van der Waals surface area contributed by atoms with Gasteiger partial charge < -0.3 is 14.8 Å². The third-order valence-corrected chi connectivity index (χ3v) is 5.46. The van der Waals surface area contributed by atoms with Crippen LogP contribution < -0.4 is 10.1 Å². The number of esters is 1. The molecule has 1 heterocycles. The number of carbonyl (C=O) groups is 2. The molecule has 28 heavy (non-hydrogen) atoms. The Morgan fingerprint density at radius 2 is 2.00 bits per heavy atom. The standard InChI is InChI=1S/C21H25NO4S2/c1-4-11-26-16-9-7-15(8-10-16)17-13-28-20(19(17)21(24)25-6-3)22-18(23)14-27-12-5-2/h5,7-10,13H,2,4,6,11-12,14H2,1,3H3,(H,22,23). The molecule has 150 valence electrons. The summed E-state index contributed by atoms with van der Waals surface area (Å²) in [5.74, 6) is 1.17. The van der Waals surface area contributed by atoms with Crippen molar-refractivity contribution in [1.82, 2.24) is 0 Å². The number of anilines is 1. The Balaban J connectivity index is 2.26. The molecule has 1 amide bonds. The van der Waals surface area contributed by atoms with Crippen LogP contribution in [-0.2, 0) is 9.53 Å². The van der Waals surface area contributed by atoms with Crippen LogP contribution in [0.25, 0.3) is 11.1 Å². The van der Waals surface area contributed by atoms with E-state index >= 15 is 0 Å². The molecule has 0 radical (unpaired) electrons. The number of amides is 1. The molecule has 0 bridgehead atoms. The number of carbonyl (C=O) groups excluding carboxylic acids is 2. The molecule has 0 aliphatic heterocycles. The molecule has 5 nitrogen and oxygen atoms in total. The van der Waals surface area contributed by atoms with Crippen LogP contribution in [0.4, 0.5) is 5.00 Å². The highest BCUT2D eigenvalue weighted by Crippen LogP contribution is 2.37. The van der Waals surface area contributed by atoms with E-state index in [1.54, 1.807) is 13.0 Å². The average molecular weight is 420 g/mol. The van der Waals surface area contributed by atoms with Gasteiger partial charge in [-0.2, -0.15) is 0 Å². The summed E-state index contributed by atoms with van der Waals surface area (Å²) in [6.45, 7) is 8.37. The van der Waals surface area contributed by atoms with Crippen LogP contribution in [0.2, 0.25) is 0 Å². The fraction of sp³-hybridized carbons (Fsp3) is 0.333. The van der Waals surface area contributed by atoms with Gasteiger partial charge in [-0.1, -0.05) is 25.1 Å². The summed E-state index contributed by atoms with van der Waals surface area (Å²) in [5.41, 5.74) is 1.99. The van der Waals surface area contributed by atoms with Crippen LogP contribution in [-0.4, -0.2) is 36.6 Å². The van der Waals surface area contributed by atoms with Crippen molar-refractivity contribution in [2.45, 2.75) is 20.3 Å². The monoisotopic (exact) mass is 419 g/mol. The summed E-state index contributed by atoms with van der Waals surface area (Å²) in [6.07, 6.45) is 2.69. The van der Waals surface area contributed by atoms with Gasteiger partial charge in [0, 0.05) is 16.7 Å². The lowest BCUT2D eigenvalue weighted by atomic mass is 10.0. The zero-order valence-electron chi connectivity index (χ0n) is 16.2. The molecule has 0 saturated heterocycles. The molecule has 0 fully saturated rings. The van der Waals surface area contributed by atoms with E-state index in [9.17, 15) is 9.59 Å². The predicted octanol–water partition coefficient (Wildman–Crippen LogP) is 5.24. The summed E-state index contributed by atoms with van der Waals surface area (Å²) < 4.78 is 10.8. The highest BCUT2D eigenvalue weighted by Gasteiger charge is 2.22. The van der Waals surface area contributed by atoms with Crippen molar-refractivity contribution < 1.29 is 19.1 Å². The van der Waals surface area contributed by atoms with Crippen LogP contribution in [0.5, 0.6) is 5.75 Å². The van der Waals surface area contributed by atoms with Gasteiger partial charge in [-0.15, -0.1) is 29.7 Å². The first kappa shape index (κ1) is 22.0. The maximum Gasteiger partial charge on any atom is 0.341 e. The molecule has 1 aromatic heterocycles. The lowest BCUT2D eigenvalue weighted by Gasteiger charge is -2.09. The van der Waals surface area contributed by atoms with Gasteiger partial charge in [0.05, 0.1) is 19.0 Å². The second-order valence-corrected chi connectivity index (χ2v) is 7.71. The zero-order chi connectivity index (χ0) is 20.4. The Morgan fingerprint density at radius 3 is 2.64 bits per heavy atom. The molecule has 0 unspecified atom stereocenters. The summed E-state index contributed by atoms with van der Waals surface area (Å²) in [5, 5.41) is 5.20. The predicted molar refractivity (Wildman–Crippen MR) is 118 cm³/mol. The van der Waals surface area contributed by atoms with Crippen molar-refractivity contribution in [2.24, 2.45) is 0 Å². The highest BCUT2D eigenvalue weighted by molar-refractivity contribution is 8.00. The van der Waals surface area contributed by atoms with Crippen LogP contribution >= 0.6 is 23.1 Å². The number of hydrogen-bond acceptors (Lipinski definition) is 6. The van der Waals surface area contributed by atoms with Gasteiger partial charge in [-0.05, 0) is 31.0 Å². The first-order valence-electron chi connectivity index (χ1n) is 9.11. The summed E-state index contributed by atoms with van der Waals surface area (Å²) in [7, 11) is 0. The normalized spacial score (nSPS) is 10.4. The second-order valence-electron chi connectivity index (χ2n) is 5.80. The van der Waals surface area contributed by atoms with Crippen LogP contribution in [0.1, 0.15) is 30.6 Å². The number of thiophene rings is 1. The Bertz CT molecular complexity index is 799. The van der Waals surface area contributed by atoms with Gasteiger partial charge in [0.2, 0.25) is 5.91 Å². The fourth-order valence-corrected chi connectivity index (χ4v) is 3.93. The molecule has 7 heteroatoms. The molecule has 0 saturated carbocycles. The minimum Gasteiger partial charge on any atom is -0.494 e. The molecular weight excluding hydrogens is 394 g/mol. The SMILES string of the molecule is C=CCSCC(=O)Nc1scc(-c2ccc(OCCC)cc2)c1C(=O)OCC. The van der Waals surface area contributed by atoms with Crippen molar-refractivity contribution in [3.8, 4) is 16.9 Å². The van der Waals surface area contributed by atoms with Gasteiger partial charge >= 0.3 is 5.97 Å². The topological polar surface area (TPSA) is 64.6 Å². The Hall–Kier alpha value is -2.25. The second kappa shape index (κ2) is 11.6. The number of benzene rings is 1. The number of thioether (sulfide) groups is 1. The van der Waals surface area contributed by atoms with Gasteiger partial charge in [-0.3, -0.25) is 4.79 Å². The maximum absolute atomic E-state index is 12.6. The van der Waals surface area contributed by atoms with Crippen molar-refractivity contribution in [1.29, 1.82) is 0 Å². The van der Waals surface area contributed by atoms with Gasteiger partial charge in [0.15, 0.2) is 0 Å². The number of ether oxygens (including phenoxy) is 2. The molecule has 0 atom stereocenters. The Labute approximate surface area is 174 Å². The van der Waals surface area contributed by atoms with Crippen LogP contribution in [0.3, 0.4) is 0 Å². The molecule has 1 N–H and O–H groups in total. The lowest BCUT2D eigenvalue weighted by molar-refractivity contribution is -0.113. The average Bonchev–Trinajstić information content (AvgIpc) is 3.10. The summed E-state index contributed by atoms with van der Waals surface area (Å²) >= 11 is 2.78. The van der Waals surface area contributed by atoms with E-state index in [0.717, 1.165) is 23.3 Å². The molecule has 1 aromatic carbocycles. The van der Waals surface area contributed by atoms with E-state index in [2.05, 4.69) is 18.8 Å². The highest BCUT2D eigenvalue weighted by atomic mass is 32.2. The van der Waals surface area contributed by atoms with Gasteiger partial charge in [-0.25, -0.2) is 4.79 Å². The quantitative estimate of drug-likeness (QED) is 0.307. The fourth-order valence-electron chi connectivity index (χ4n) is 2.42. The first-order chi connectivity index (χ1) is 13.6. The van der Waals surface area contributed by atoms with Crippen molar-refractivity contribution in [3.63, 3.8) is 0 Å². The van der Waals surface area contributed by atoms with Gasteiger partial charge in [0.25, 0.3) is 0 Å². The number of rotatable bonds is 11. The van der Waals surface area contributed by atoms with E-state index in [0.29, 0.717) is 28.7 Å². The number of nitrogens with one attached hydrogen (secondary N) is 1. The van der Waals surface area contributed by atoms with Crippen LogP contribution in [0.15, 0.2) is 42.3 Å². The van der Waals surface area contributed by atoms with E-state index in [-0.39, 0.29) is 12.5 Å². The molecular formula is C21H25NO4S2. The first-order valence-corrected chi connectivity index (χ1v) is 11.1. The van der Waals surface area contributed by atoms with Crippen molar-refractivity contribution in [3.05, 3.63) is 47.9 Å². The third-order valence-electron chi connectivity index (χ3n) is 3.63. The molecule has 0 spiro atoms. The van der Waals surface area contributed by atoms with E-state index in [4.69, 9.17) is 9.47 Å². The lowest BCUT2D eigenvalue weighted by Crippen LogP contribution is -2.16. The van der Waals surface area contributed by atoms with Crippen molar-refractivity contribution in [2.75, 3.05) is 30.0 Å².